The highest BCUT2D eigenvalue weighted by atomic mass is 15.2. The van der Waals surface area contributed by atoms with Crippen molar-refractivity contribution >= 4 is 16.7 Å². The molecule has 4 aromatic rings. The summed E-state index contributed by atoms with van der Waals surface area (Å²) in [5.41, 5.74) is 8.56. The largest absolute Gasteiger partial charge is 0.382 e. The third kappa shape index (κ3) is 5.01. The summed E-state index contributed by atoms with van der Waals surface area (Å²) in [7, 11) is 2.04. The molecule has 2 aromatic carbocycles. The van der Waals surface area contributed by atoms with Crippen LogP contribution in [0.4, 0.5) is 5.69 Å². The van der Waals surface area contributed by atoms with E-state index in [0.717, 1.165) is 54.9 Å². The molecule has 0 amide bonds. The van der Waals surface area contributed by atoms with Gasteiger partial charge < -0.3 is 9.88 Å². The zero-order chi connectivity index (χ0) is 24.3. The Balaban J connectivity index is 0.00000280. The van der Waals surface area contributed by atoms with Crippen LogP contribution in [0.2, 0.25) is 0 Å². The van der Waals surface area contributed by atoms with Crippen LogP contribution in [0, 0.1) is 0 Å². The van der Waals surface area contributed by atoms with Gasteiger partial charge in [-0.2, -0.15) is 0 Å². The van der Waals surface area contributed by atoms with Gasteiger partial charge >= 0.3 is 0 Å². The molecule has 0 radical (unpaired) electrons. The maximum absolute atomic E-state index is 4.57. The fourth-order valence-corrected chi connectivity index (χ4v) is 5.84. The number of fused-ring (bicyclic) bond motifs is 2. The Labute approximate surface area is 215 Å². The van der Waals surface area contributed by atoms with E-state index in [1.807, 2.05) is 25.8 Å². The Morgan fingerprint density at radius 3 is 2.69 bits per heavy atom. The maximum Gasteiger partial charge on any atom is 0.0955 e. The van der Waals surface area contributed by atoms with Crippen LogP contribution in [-0.2, 0) is 20.0 Å². The molecule has 0 bridgehead atoms. The van der Waals surface area contributed by atoms with E-state index in [2.05, 4.69) is 78.2 Å². The molecule has 1 fully saturated rings. The molecule has 0 aliphatic carbocycles. The van der Waals surface area contributed by atoms with Crippen LogP contribution >= 0.6 is 0 Å². The van der Waals surface area contributed by atoms with Crippen LogP contribution in [0.25, 0.3) is 22.2 Å². The van der Waals surface area contributed by atoms with Crippen molar-refractivity contribution in [2.75, 3.05) is 38.0 Å². The molecule has 1 saturated heterocycles. The average molecular weight is 483 g/mol. The zero-order valence-electron chi connectivity index (χ0n) is 21.2. The molecule has 0 saturated carbocycles. The number of aryl methyl sites for hydroxylation is 1. The van der Waals surface area contributed by atoms with Crippen molar-refractivity contribution in [1.82, 2.24) is 24.3 Å². The van der Waals surface area contributed by atoms with Crippen molar-refractivity contribution < 1.29 is 1.43 Å². The second-order valence-electron chi connectivity index (χ2n) is 10.4. The van der Waals surface area contributed by atoms with Gasteiger partial charge in [-0.1, -0.05) is 36.8 Å². The third-order valence-corrected chi connectivity index (χ3v) is 7.92. The Kier molecular flexibility index (Phi) is 6.71. The predicted octanol–water partition coefficient (Wildman–Crippen LogP) is 5.21. The third-order valence-electron chi connectivity index (χ3n) is 7.92. The number of pyridine rings is 1. The lowest BCUT2D eigenvalue weighted by Gasteiger charge is -2.39. The SMILES string of the molecule is Cn1cnc2ccc(-c3cncc(NCC(CN4CCc5ccccc5C4)N4CCCCC4)c3)cc21.[HH]. The molecule has 4 heterocycles. The van der Waals surface area contributed by atoms with Gasteiger partial charge in [-0.15, -0.1) is 0 Å². The van der Waals surface area contributed by atoms with Gasteiger partial charge in [0.1, 0.15) is 0 Å². The van der Waals surface area contributed by atoms with Crippen molar-refractivity contribution in [3.63, 3.8) is 0 Å². The molecule has 2 aromatic heterocycles. The second kappa shape index (κ2) is 10.4. The fourth-order valence-electron chi connectivity index (χ4n) is 5.84. The molecule has 6 rings (SSSR count). The summed E-state index contributed by atoms with van der Waals surface area (Å²) in [5.74, 6) is 0. The van der Waals surface area contributed by atoms with Crippen LogP contribution < -0.4 is 5.32 Å². The van der Waals surface area contributed by atoms with Crippen LogP contribution in [0.15, 0.2) is 67.3 Å². The van der Waals surface area contributed by atoms with Gasteiger partial charge in [0.15, 0.2) is 0 Å². The van der Waals surface area contributed by atoms with Gasteiger partial charge in [-0.25, -0.2) is 4.98 Å². The highest BCUT2D eigenvalue weighted by Crippen LogP contribution is 2.26. The van der Waals surface area contributed by atoms with E-state index < -0.39 is 0 Å². The molecular formula is C30H38N6. The minimum absolute atomic E-state index is 0. The standard InChI is InChI=1S/C30H36N6.H2/c1-34-22-33-29-10-9-24(16-30(29)34)26-15-27(18-31-17-26)32-19-28(36-12-5-2-6-13-36)21-35-14-11-23-7-3-4-8-25(23)20-35;/h3-4,7-10,15-18,22,28,32H,2,5-6,11-14,19-21H2,1H3;1H. The molecule has 0 spiro atoms. The number of hydrogen-bond acceptors (Lipinski definition) is 5. The number of imidazole rings is 1. The van der Waals surface area contributed by atoms with Crippen LogP contribution in [0.3, 0.4) is 0 Å². The summed E-state index contributed by atoms with van der Waals surface area (Å²) in [5, 5.41) is 3.76. The van der Waals surface area contributed by atoms with Crippen molar-refractivity contribution in [3.05, 3.63) is 78.4 Å². The number of anilines is 1. The van der Waals surface area contributed by atoms with Gasteiger partial charge in [0.2, 0.25) is 0 Å². The van der Waals surface area contributed by atoms with Crippen molar-refractivity contribution in [3.8, 4) is 11.1 Å². The van der Waals surface area contributed by atoms with Crippen LogP contribution in [0.5, 0.6) is 0 Å². The minimum atomic E-state index is 0. The number of piperidine rings is 1. The average Bonchev–Trinajstić information content (AvgIpc) is 3.31. The first-order chi connectivity index (χ1) is 17.7. The van der Waals surface area contributed by atoms with Crippen LogP contribution in [0.1, 0.15) is 31.8 Å². The molecule has 2 aliphatic rings. The number of likely N-dealkylation sites (tertiary alicyclic amines) is 1. The van der Waals surface area contributed by atoms with Crippen LogP contribution in [-0.4, -0.2) is 63.1 Å². The fraction of sp³-hybridized carbons (Fsp3) is 0.400. The highest BCUT2D eigenvalue weighted by Gasteiger charge is 2.25. The summed E-state index contributed by atoms with van der Waals surface area (Å²) in [6.07, 6.45) is 10.9. The summed E-state index contributed by atoms with van der Waals surface area (Å²) < 4.78 is 2.07. The molecule has 188 valence electrons. The van der Waals surface area contributed by atoms with Gasteiger partial charge in [-0.3, -0.25) is 14.8 Å². The topological polar surface area (TPSA) is 49.2 Å². The van der Waals surface area contributed by atoms with Crippen molar-refractivity contribution in [2.24, 2.45) is 7.05 Å². The minimum Gasteiger partial charge on any atom is -0.382 e. The molecule has 6 nitrogen and oxygen atoms in total. The van der Waals surface area contributed by atoms with Gasteiger partial charge in [-0.05, 0) is 67.2 Å². The lowest BCUT2D eigenvalue weighted by Crippen LogP contribution is -2.50. The molecular weight excluding hydrogens is 444 g/mol. The first-order valence-electron chi connectivity index (χ1n) is 13.4. The Morgan fingerprint density at radius 1 is 0.944 bits per heavy atom. The van der Waals surface area contributed by atoms with Gasteiger partial charge in [0.05, 0.1) is 23.0 Å². The summed E-state index contributed by atoms with van der Waals surface area (Å²) in [4.78, 5) is 14.4. The normalized spacial score (nSPS) is 17.7. The first kappa shape index (κ1) is 23.2. The lowest BCUT2D eigenvalue weighted by atomic mass is 9.99. The second-order valence-corrected chi connectivity index (χ2v) is 10.4. The number of benzene rings is 2. The van der Waals surface area contributed by atoms with Gasteiger partial charge in [0.25, 0.3) is 0 Å². The maximum atomic E-state index is 4.57. The Hall–Kier alpha value is -3.22. The highest BCUT2D eigenvalue weighted by molar-refractivity contribution is 5.82. The molecule has 1 atom stereocenters. The van der Waals surface area contributed by atoms with E-state index >= 15 is 0 Å². The molecule has 2 aliphatic heterocycles. The zero-order valence-corrected chi connectivity index (χ0v) is 21.2. The van der Waals surface area contributed by atoms with Gasteiger partial charge in [0, 0.05) is 58.7 Å². The summed E-state index contributed by atoms with van der Waals surface area (Å²) >= 11 is 0. The van der Waals surface area contributed by atoms with E-state index in [1.165, 1.54) is 49.0 Å². The molecule has 6 heteroatoms. The first-order valence-corrected chi connectivity index (χ1v) is 13.4. The number of hydrogen-bond donors (Lipinski definition) is 1. The number of nitrogens with one attached hydrogen (secondary N) is 1. The molecule has 1 N–H and O–H groups in total. The van der Waals surface area contributed by atoms with Crippen molar-refractivity contribution in [1.29, 1.82) is 0 Å². The van der Waals surface area contributed by atoms with E-state index in [-0.39, 0.29) is 1.43 Å². The summed E-state index contributed by atoms with van der Waals surface area (Å²) in [6.45, 7) is 6.66. The quantitative estimate of drug-likeness (QED) is 0.392. The predicted molar refractivity (Wildman–Crippen MR) is 149 cm³/mol. The van der Waals surface area contributed by atoms with E-state index in [9.17, 15) is 0 Å². The monoisotopic (exact) mass is 482 g/mol. The Morgan fingerprint density at radius 2 is 1.81 bits per heavy atom. The molecule has 36 heavy (non-hydrogen) atoms. The van der Waals surface area contributed by atoms with E-state index in [4.69, 9.17) is 0 Å². The van der Waals surface area contributed by atoms with E-state index in [0.29, 0.717) is 6.04 Å². The lowest BCUT2D eigenvalue weighted by molar-refractivity contribution is 0.118. The number of nitrogens with zero attached hydrogens (tertiary/aromatic N) is 5. The van der Waals surface area contributed by atoms with Crippen molar-refractivity contribution in [2.45, 2.75) is 38.3 Å². The summed E-state index contributed by atoms with van der Waals surface area (Å²) in [6, 6.07) is 18.1. The molecule has 1 unspecified atom stereocenters. The van der Waals surface area contributed by atoms with E-state index in [1.54, 1.807) is 0 Å². The smallest absolute Gasteiger partial charge is 0.0955 e. The Bertz CT molecular complexity index is 1330. The number of rotatable bonds is 7. The number of aromatic nitrogens is 3.